The van der Waals surface area contributed by atoms with Crippen LogP contribution in [-0.4, -0.2) is 26.1 Å². The average molecular weight is 298 g/mol. The number of anilines is 2. The third kappa shape index (κ3) is 4.25. The van der Waals surface area contributed by atoms with E-state index in [1.807, 2.05) is 69.2 Å². The second kappa shape index (κ2) is 6.98. The number of carbonyl (C=O) groups is 1. The van der Waals surface area contributed by atoms with Crippen LogP contribution in [0.5, 0.6) is 5.75 Å². The van der Waals surface area contributed by atoms with Crippen LogP contribution in [0.1, 0.15) is 24.2 Å². The van der Waals surface area contributed by atoms with E-state index >= 15 is 0 Å². The van der Waals surface area contributed by atoms with Crippen molar-refractivity contribution in [2.75, 3.05) is 24.3 Å². The number of benzene rings is 2. The number of carbonyl (C=O) groups excluding carboxylic acids is 1. The molecule has 2 aromatic rings. The largest absolute Gasteiger partial charge is 0.491 e. The summed E-state index contributed by atoms with van der Waals surface area (Å²) in [5.41, 5.74) is 2.44. The zero-order valence-electron chi connectivity index (χ0n) is 13.5. The standard InChI is InChI=1S/C18H22N2O2/c1-13(2)22-17-7-5-6-14(12-17)18(21)19-15-8-10-16(11-9-15)20(3)4/h5-13H,1-4H3,(H,19,21). The van der Waals surface area contributed by atoms with Crippen LogP contribution in [0.25, 0.3) is 0 Å². The van der Waals surface area contributed by atoms with Gasteiger partial charge < -0.3 is 15.0 Å². The molecule has 0 fully saturated rings. The molecule has 4 heteroatoms. The van der Waals surface area contributed by atoms with Gasteiger partial charge in [0.2, 0.25) is 0 Å². The highest BCUT2D eigenvalue weighted by atomic mass is 16.5. The molecule has 0 heterocycles. The molecule has 1 amide bonds. The Hall–Kier alpha value is -2.49. The molecule has 2 rings (SSSR count). The van der Waals surface area contributed by atoms with E-state index in [2.05, 4.69) is 5.32 Å². The Morgan fingerprint density at radius 2 is 1.77 bits per heavy atom. The van der Waals surface area contributed by atoms with Crippen LogP contribution in [-0.2, 0) is 0 Å². The SMILES string of the molecule is CC(C)Oc1cccc(C(=O)Nc2ccc(N(C)C)cc2)c1. The van der Waals surface area contributed by atoms with Crippen LogP contribution < -0.4 is 15.0 Å². The zero-order valence-corrected chi connectivity index (χ0v) is 13.5. The van der Waals surface area contributed by atoms with E-state index in [4.69, 9.17) is 4.74 Å². The van der Waals surface area contributed by atoms with Crippen LogP contribution in [0.3, 0.4) is 0 Å². The lowest BCUT2D eigenvalue weighted by molar-refractivity contribution is 0.102. The van der Waals surface area contributed by atoms with Gasteiger partial charge in [0, 0.05) is 31.0 Å². The molecular weight excluding hydrogens is 276 g/mol. The van der Waals surface area contributed by atoms with Crippen molar-refractivity contribution in [2.24, 2.45) is 0 Å². The van der Waals surface area contributed by atoms with E-state index in [1.165, 1.54) is 0 Å². The van der Waals surface area contributed by atoms with Gasteiger partial charge in [-0.15, -0.1) is 0 Å². The Bertz CT molecular complexity index is 634. The topological polar surface area (TPSA) is 41.6 Å². The molecule has 0 unspecified atom stereocenters. The van der Waals surface area contributed by atoms with Gasteiger partial charge in [0.05, 0.1) is 6.10 Å². The van der Waals surface area contributed by atoms with Gasteiger partial charge in [0.15, 0.2) is 0 Å². The Morgan fingerprint density at radius 1 is 1.09 bits per heavy atom. The van der Waals surface area contributed by atoms with Gasteiger partial charge in [-0.1, -0.05) is 6.07 Å². The van der Waals surface area contributed by atoms with Crippen molar-refractivity contribution in [2.45, 2.75) is 20.0 Å². The van der Waals surface area contributed by atoms with Gasteiger partial charge in [-0.05, 0) is 56.3 Å². The molecule has 0 atom stereocenters. The minimum atomic E-state index is -0.146. The molecule has 0 saturated carbocycles. The van der Waals surface area contributed by atoms with Crippen LogP contribution >= 0.6 is 0 Å². The van der Waals surface area contributed by atoms with Gasteiger partial charge in [-0.3, -0.25) is 4.79 Å². The second-order valence-electron chi connectivity index (χ2n) is 5.59. The summed E-state index contributed by atoms with van der Waals surface area (Å²) < 4.78 is 5.61. The number of nitrogens with one attached hydrogen (secondary N) is 1. The molecule has 0 bridgehead atoms. The molecule has 0 radical (unpaired) electrons. The van der Waals surface area contributed by atoms with E-state index in [0.29, 0.717) is 11.3 Å². The van der Waals surface area contributed by atoms with Crippen molar-refractivity contribution in [3.05, 3.63) is 54.1 Å². The summed E-state index contributed by atoms with van der Waals surface area (Å²) >= 11 is 0. The summed E-state index contributed by atoms with van der Waals surface area (Å²) in [4.78, 5) is 14.3. The second-order valence-corrected chi connectivity index (χ2v) is 5.59. The molecule has 4 nitrogen and oxygen atoms in total. The number of ether oxygens (including phenoxy) is 1. The number of rotatable bonds is 5. The number of nitrogens with zero attached hydrogens (tertiary/aromatic N) is 1. The molecule has 0 aliphatic rings. The van der Waals surface area contributed by atoms with Gasteiger partial charge in [-0.2, -0.15) is 0 Å². The molecule has 1 N–H and O–H groups in total. The van der Waals surface area contributed by atoms with Crippen molar-refractivity contribution in [1.29, 1.82) is 0 Å². The zero-order chi connectivity index (χ0) is 16.1. The van der Waals surface area contributed by atoms with E-state index in [9.17, 15) is 4.79 Å². The lowest BCUT2D eigenvalue weighted by Gasteiger charge is -2.13. The highest BCUT2D eigenvalue weighted by Gasteiger charge is 2.08. The predicted octanol–water partition coefficient (Wildman–Crippen LogP) is 3.79. The maximum atomic E-state index is 12.3. The first-order chi connectivity index (χ1) is 10.5. The van der Waals surface area contributed by atoms with Crippen LogP contribution in [0.2, 0.25) is 0 Å². The third-order valence-corrected chi connectivity index (χ3v) is 3.11. The number of hydrogen-bond acceptors (Lipinski definition) is 3. The number of amides is 1. The van der Waals surface area contributed by atoms with Crippen molar-refractivity contribution in [3.63, 3.8) is 0 Å². The first-order valence-corrected chi connectivity index (χ1v) is 7.31. The monoisotopic (exact) mass is 298 g/mol. The molecule has 116 valence electrons. The Morgan fingerprint density at radius 3 is 2.36 bits per heavy atom. The van der Waals surface area contributed by atoms with E-state index in [1.54, 1.807) is 12.1 Å². The first-order valence-electron chi connectivity index (χ1n) is 7.31. The number of hydrogen-bond donors (Lipinski definition) is 1. The first kappa shape index (κ1) is 15.9. The summed E-state index contributed by atoms with van der Waals surface area (Å²) in [5.74, 6) is 0.553. The Labute approximate surface area is 131 Å². The van der Waals surface area contributed by atoms with E-state index in [0.717, 1.165) is 11.4 Å². The van der Waals surface area contributed by atoms with Crippen molar-refractivity contribution in [3.8, 4) is 5.75 Å². The predicted molar refractivity (Wildman–Crippen MR) is 90.9 cm³/mol. The maximum absolute atomic E-state index is 12.3. The van der Waals surface area contributed by atoms with E-state index < -0.39 is 0 Å². The quantitative estimate of drug-likeness (QED) is 0.913. The summed E-state index contributed by atoms with van der Waals surface area (Å²) in [6, 6.07) is 14.9. The van der Waals surface area contributed by atoms with Gasteiger partial charge >= 0.3 is 0 Å². The maximum Gasteiger partial charge on any atom is 0.255 e. The van der Waals surface area contributed by atoms with Gasteiger partial charge in [-0.25, -0.2) is 0 Å². The normalized spacial score (nSPS) is 10.4. The molecule has 0 aromatic heterocycles. The van der Waals surface area contributed by atoms with Crippen molar-refractivity contribution < 1.29 is 9.53 Å². The van der Waals surface area contributed by atoms with Gasteiger partial charge in [0.25, 0.3) is 5.91 Å². The lowest BCUT2D eigenvalue weighted by atomic mass is 10.2. The molecule has 0 aliphatic heterocycles. The molecule has 2 aromatic carbocycles. The minimum absolute atomic E-state index is 0.0805. The fourth-order valence-corrected chi connectivity index (χ4v) is 2.03. The minimum Gasteiger partial charge on any atom is -0.491 e. The highest BCUT2D eigenvalue weighted by molar-refractivity contribution is 6.04. The van der Waals surface area contributed by atoms with Crippen LogP contribution in [0.15, 0.2) is 48.5 Å². The van der Waals surface area contributed by atoms with E-state index in [-0.39, 0.29) is 12.0 Å². The highest BCUT2D eigenvalue weighted by Crippen LogP contribution is 2.18. The summed E-state index contributed by atoms with van der Waals surface area (Å²) in [6.45, 7) is 3.91. The molecular formula is C18H22N2O2. The Balaban J connectivity index is 2.08. The lowest BCUT2D eigenvalue weighted by Crippen LogP contribution is -2.13. The van der Waals surface area contributed by atoms with Gasteiger partial charge in [0.1, 0.15) is 5.75 Å². The molecule has 22 heavy (non-hydrogen) atoms. The molecule has 0 spiro atoms. The summed E-state index contributed by atoms with van der Waals surface area (Å²) in [5, 5.41) is 2.89. The van der Waals surface area contributed by atoms with Crippen LogP contribution in [0.4, 0.5) is 11.4 Å². The Kier molecular flexibility index (Phi) is 5.04. The average Bonchev–Trinajstić information content (AvgIpc) is 2.47. The summed E-state index contributed by atoms with van der Waals surface area (Å²) in [7, 11) is 3.96. The fraction of sp³-hybridized carbons (Fsp3) is 0.278. The third-order valence-electron chi connectivity index (χ3n) is 3.11. The van der Waals surface area contributed by atoms with Crippen molar-refractivity contribution >= 4 is 17.3 Å². The summed E-state index contributed by atoms with van der Waals surface area (Å²) in [6.07, 6.45) is 0.0805. The van der Waals surface area contributed by atoms with Crippen molar-refractivity contribution in [1.82, 2.24) is 0 Å². The fourth-order valence-electron chi connectivity index (χ4n) is 2.03. The molecule has 0 aliphatic carbocycles. The van der Waals surface area contributed by atoms with Crippen LogP contribution in [0, 0.1) is 0 Å². The molecule has 0 saturated heterocycles. The smallest absolute Gasteiger partial charge is 0.255 e.